The van der Waals surface area contributed by atoms with Crippen molar-refractivity contribution in [3.63, 3.8) is 0 Å². The quantitative estimate of drug-likeness (QED) is 0.454. The van der Waals surface area contributed by atoms with E-state index in [1.807, 2.05) is 0 Å². The van der Waals surface area contributed by atoms with Crippen molar-refractivity contribution in [1.82, 2.24) is 10.2 Å². The van der Waals surface area contributed by atoms with Crippen LogP contribution in [0.15, 0.2) is 17.1 Å². The molecule has 0 N–H and O–H groups in total. The van der Waals surface area contributed by atoms with Gasteiger partial charge in [0.15, 0.2) is 5.82 Å². The number of aromatic nitrogens is 2. The summed E-state index contributed by atoms with van der Waals surface area (Å²) in [7, 11) is 1.48. The van der Waals surface area contributed by atoms with E-state index in [-0.39, 0.29) is 5.82 Å². The van der Waals surface area contributed by atoms with Gasteiger partial charge in [-0.05, 0) is 6.07 Å². The van der Waals surface area contributed by atoms with Gasteiger partial charge in [0.2, 0.25) is 12.0 Å². The van der Waals surface area contributed by atoms with E-state index in [2.05, 4.69) is 15.2 Å². The van der Waals surface area contributed by atoms with Gasteiger partial charge in [-0.25, -0.2) is 4.79 Å². The average molecular weight is 151 g/mol. The normalized spacial score (nSPS) is 8.45. The molecule has 0 aromatic carbocycles. The summed E-state index contributed by atoms with van der Waals surface area (Å²) in [4.78, 5) is 13.0. The van der Waals surface area contributed by atoms with Crippen LogP contribution in [0.1, 0.15) is 0 Å². The maximum absolute atomic E-state index is 9.74. The van der Waals surface area contributed by atoms with Crippen molar-refractivity contribution < 1.29 is 9.53 Å². The van der Waals surface area contributed by atoms with E-state index < -0.39 is 0 Å². The van der Waals surface area contributed by atoms with Gasteiger partial charge in [0.05, 0.1) is 7.11 Å². The molecular formula is C6H5N3O2. The topological polar surface area (TPSA) is 64.4 Å². The van der Waals surface area contributed by atoms with Crippen LogP contribution in [0.2, 0.25) is 0 Å². The van der Waals surface area contributed by atoms with Crippen molar-refractivity contribution in [1.29, 1.82) is 0 Å². The smallest absolute Gasteiger partial charge is 0.242 e. The number of nitrogens with zero attached hydrogens (tertiary/aromatic N) is 3. The Morgan fingerprint density at radius 2 is 2.36 bits per heavy atom. The lowest BCUT2D eigenvalue weighted by molar-refractivity contribution is 0.392. The predicted octanol–water partition coefficient (Wildman–Crippen LogP) is 0.452. The lowest BCUT2D eigenvalue weighted by atomic mass is 10.5. The second-order valence-corrected chi connectivity index (χ2v) is 1.64. The fraction of sp³-hybridized carbons (Fsp3) is 0.167. The van der Waals surface area contributed by atoms with Crippen molar-refractivity contribution in [2.45, 2.75) is 0 Å². The van der Waals surface area contributed by atoms with Crippen molar-refractivity contribution in [3.05, 3.63) is 12.1 Å². The Labute approximate surface area is 62.7 Å². The highest BCUT2D eigenvalue weighted by Gasteiger charge is 1.93. The largest absolute Gasteiger partial charge is 0.480 e. The Bertz CT molecular complexity index is 276. The number of rotatable bonds is 2. The lowest BCUT2D eigenvalue weighted by Crippen LogP contribution is -1.88. The first-order valence-electron chi connectivity index (χ1n) is 2.82. The van der Waals surface area contributed by atoms with Crippen LogP contribution in [0.3, 0.4) is 0 Å². The molecule has 0 radical (unpaired) electrons. The molecule has 0 fully saturated rings. The summed E-state index contributed by atoms with van der Waals surface area (Å²) in [6.45, 7) is 0. The highest BCUT2D eigenvalue weighted by atomic mass is 16.5. The van der Waals surface area contributed by atoms with Crippen LogP contribution in [0.5, 0.6) is 5.88 Å². The van der Waals surface area contributed by atoms with Crippen molar-refractivity contribution in [2.75, 3.05) is 7.11 Å². The number of carbonyl (C=O) groups excluding carboxylic acids is 1. The van der Waals surface area contributed by atoms with Crippen molar-refractivity contribution in [3.8, 4) is 5.88 Å². The van der Waals surface area contributed by atoms with Gasteiger partial charge in [-0.3, -0.25) is 0 Å². The predicted molar refractivity (Wildman–Crippen MR) is 36.4 cm³/mol. The SMILES string of the molecule is COc1ccc(N=C=O)nn1. The number of methoxy groups -OCH3 is 1. The zero-order valence-electron chi connectivity index (χ0n) is 5.81. The van der Waals surface area contributed by atoms with Crippen molar-refractivity contribution in [2.24, 2.45) is 4.99 Å². The number of aliphatic imine (C=N–C) groups is 1. The van der Waals surface area contributed by atoms with Gasteiger partial charge in [0.1, 0.15) is 0 Å². The van der Waals surface area contributed by atoms with Crippen LogP contribution in [-0.2, 0) is 4.79 Å². The minimum absolute atomic E-state index is 0.223. The molecule has 0 saturated heterocycles. The second-order valence-electron chi connectivity index (χ2n) is 1.64. The first-order chi connectivity index (χ1) is 5.36. The van der Waals surface area contributed by atoms with E-state index in [1.165, 1.54) is 19.3 Å². The molecule has 0 atom stereocenters. The molecule has 11 heavy (non-hydrogen) atoms. The lowest BCUT2D eigenvalue weighted by Gasteiger charge is -1.93. The summed E-state index contributed by atoms with van der Waals surface area (Å²) in [5, 5.41) is 7.11. The summed E-state index contributed by atoms with van der Waals surface area (Å²) in [6.07, 6.45) is 1.35. The number of isocyanates is 1. The molecule has 56 valence electrons. The third-order valence-corrected chi connectivity index (χ3v) is 0.995. The molecule has 1 aromatic rings. The summed E-state index contributed by atoms with van der Waals surface area (Å²) >= 11 is 0. The van der Waals surface area contributed by atoms with Crippen LogP contribution in [0.25, 0.3) is 0 Å². The molecule has 5 heteroatoms. The average Bonchev–Trinajstić information content (AvgIpc) is 2.07. The highest BCUT2D eigenvalue weighted by Crippen LogP contribution is 2.08. The molecule has 1 rings (SSSR count). The zero-order valence-corrected chi connectivity index (χ0v) is 5.81. The monoisotopic (exact) mass is 151 g/mol. The van der Waals surface area contributed by atoms with E-state index >= 15 is 0 Å². The molecule has 1 aromatic heterocycles. The molecule has 0 bridgehead atoms. The first kappa shape index (κ1) is 7.37. The van der Waals surface area contributed by atoms with Gasteiger partial charge < -0.3 is 4.74 Å². The molecule has 0 aliphatic carbocycles. The zero-order chi connectivity index (χ0) is 8.10. The summed E-state index contributed by atoms with van der Waals surface area (Å²) in [5.74, 6) is 0.607. The Morgan fingerprint density at radius 3 is 2.82 bits per heavy atom. The third kappa shape index (κ3) is 1.84. The number of ether oxygens (including phenoxy) is 1. The number of hydrogen-bond donors (Lipinski definition) is 0. The molecule has 5 nitrogen and oxygen atoms in total. The van der Waals surface area contributed by atoms with E-state index in [9.17, 15) is 4.79 Å². The minimum Gasteiger partial charge on any atom is -0.480 e. The summed E-state index contributed by atoms with van der Waals surface area (Å²) < 4.78 is 4.73. The number of hydrogen-bond acceptors (Lipinski definition) is 5. The molecular weight excluding hydrogens is 146 g/mol. The highest BCUT2D eigenvalue weighted by molar-refractivity contribution is 5.43. The van der Waals surface area contributed by atoms with E-state index in [0.29, 0.717) is 5.88 Å². The van der Waals surface area contributed by atoms with E-state index in [1.54, 1.807) is 6.07 Å². The Kier molecular flexibility index (Phi) is 2.30. The van der Waals surface area contributed by atoms with Gasteiger partial charge in [0, 0.05) is 6.07 Å². The second kappa shape index (κ2) is 3.43. The fourth-order valence-electron chi connectivity index (χ4n) is 0.528. The molecule has 0 unspecified atom stereocenters. The third-order valence-electron chi connectivity index (χ3n) is 0.995. The van der Waals surface area contributed by atoms with Crippen LogP contribution >= 0.6 is 0 Å². The van der Waals surface area contributed by atoms with Crippen LogP contribution in [0, 0.1) is 0 Å². The Balaban J connectivity index is 2.91. The van der Waals surface area contributed by atoms with E-state index in [0.717, 1.165) is 0 Å². The van der Waals surface area contributed by atoms with Crippen LogP contribution < -0.4 is 4.74 Å². The van der Waals surface area contributed by atoms with Crippen LogP contribution in [0.4, 0.5) is 5.82 Å². The van der Waals surface area contributed by atoms with Gasteiger partial charge in [-0.15, -0.1) is 15.2 Å². The molecule has 0 amide bonds. The fourth-order valence-corrected chi connectivity index (χ4v) is 0.528. The molecule has 0 aliphatic heterocycles. The first-order valence-corrected chi connectivity index (χ1v) is 2.82. The molecule has 0 aliphatic rings. The van der Waals surface area contributed by atoms with Gasteiger partial charge in [-0.1, -0.05) is 0 Å². The maximum Gasteiger partial charge on any atom is 0.242 e. The Morgan fingerprint density at radius 1 is 1.55 bits per heavy atom. The molecule has 0 saturated carbocycles. The standard InChI is InChI=1S/C6H5N3O2/c1-11-6-3-2-5(7-4-10)8-9-6/h2-3H,1H3. The Hall–Kier alpha value is -1.74. The van der Waals surface area contributed by atoms with Gasteiger partial charge in [0.25, 0.3) is 0 Å². The van der Waals surface area contributed by atoms with E-state index in [4.69, 9.17) is 4.74 Å². The summed E-state index contributed by atoms with van der Waals surface area (Å²) in [5.41, 5.74) is 0. The molecule has 1 heterocycles. The molecule has 0 spiro atoms. The van der Waals surface area contributed by atoms with Crippen LogP contribution in [-0.4, -0.2) is 23.4 Å². The summed E-state index contributed by atoms with van der Waals surface area (Å²) in [6, 6.07) is 3.07. The van der Waals surface area contributed by atoms with Gasteiger partial charge >= 0.3 is 0 Å². The van der Waals surface area contributed by atoms with Crippen molar-refractivity contribution >= 4 is 11.9 Å². The maximum atomic E-state index is 9.74. The van der Waals surface area contributed by atoms with Gasteiger partial charge in [-0.2, -0.15) is 0 Å². The minimum atomic E-state index is 0.223.